The van der Waals surface area contributed by atoms with E-state index < -0.39 is 5.41 Å². The first-order chi connectivity index (χ1) is 23.3. The molecule has 1 aliphatic rings. The molecule has 6 aromatic carbocycles. The molecule has 0 saturated heterocycles. The van der Waals surface area contributed by atoms with Crippen molar-refractivity contribution in [2.24, 2.45) is 0 Å². The molecule has 218 valence electrons. The number of rotatable bonds is 4. The van der Waals surface area contributed by atoms with Crippen LogP contribution in [0.15, 0.2) is 164 Å². The van der Waals surface area contributed by atoms with Gasteiger partial charge in [0.15, 0.2) is 0 Å². The molecule has 0 radical (unpaired) electrons. The topological polar surface area (TPSA) is 49.6 Å². The maximum absolute atomic E-state index is 10.0. The molecular weight excluding hydrogens is 571 g/mol. The fourth-order valence-corrected chi connectivity index (χ4v) is 7.76. The molecular formula is C44H27N3. The molecule has 0 fully saturated rings. The van der Waals surface area contributed by atoms with Gasteiger partial charge < -0.3 is 0 Å². The van der Waals surface area contributed by atoms with Gasteiger partial charge in [-0.25, -0.2) is 0 Å². The predicted molar refractivity (Wildman–Crippen MR) is 190 cm³/mol. The van der Waals surface area contributed by atoms with E-state index in [0.29, 0.717) is 5.56 Å². The van der Waals surface area contributed by atoms with Crippen LogP contribution in [-0.2, 0) is 5.41 Å². The zero-order valence-corrected chi connectivity index (χ0v) is 25.4. The molecule has 2 aromatic heterocycles. The molecule has 0 atom stereocenters. The lowest BCUT2D eigenvalue weighted by molar-refractivity contribution is 0.706. The number of benzene rings is 6. The first-order valence-corrected chi connectivity index (χ1v) is 15.8. The lowest BCUT2D eigenvalue weighted by atomic mass is 9.71. The minimum absolute atomic E-state index is 0.613. The summed E-state index contributed by atoms with van der Waals surface area (Å²) in [6.07, 6.45) is 3.69. The van der Waals surface area contributed by atoms with E-state index in [-0.39, 0.29) is 0 Å². The number of fused-ring (bicyclic) bond motifs is 5. The first kappa shape index (κ1) is 27.0. The third kappa shape index (κ3) is 3.92. The van der Waals surface area contributed by atoms with Crippen molar-refractivity contribution in [3.63, 3.8) is 0 Å². The van der Waals surface area contributed by atoms with Gasteiger partial charge in [-0.05, 0) is 109 Å². The van der Waals surface area contributed by atoms with Crippen molar-refractivity contribution in [3.8, 4) is 39.4 Å². The van der Waals surface area contributed by atoms with Gasteiger partial charge in [0.05, 0.1) is 23.0 Å². The molecule has 0 saturated carbocycles. The van der Waals surface area contributed by atoms with E-state index >= 15 is 0 Å². The molecule has 0 N–H and O–H groups in total. The van der Waals surface area contributed by atoms with E-state index in [4.69, 9.17) is 9.97 Å². The lowest BCUT2D eigenvalue weighted by Gasteiger charge is -2.31. The second-order valence-electron chi connectivity index (χ2n) is 12.0. The largest absolute Gasteiger partial charge is 0.260 e. The predicted octanol–water partition coefficient (Wildman–Crippen LogP) is 10.4. The van der Waals surface area contributed by atoms with Crippen LogP contribution in [0.25, 0.3) is 54.9 Å². The van der Waals surface area contributed by atoms with Gasteiger partial charge in [-0.2, -0.15) is 5.26 Å². The van der Waals surface area contributed by atoms with Crippen LogP contribution in [0.2, 0.25) is 0 Å². The maximum Gasteiger partial charge on any atom is 0.106 e. The van der Waals surface area contributed by atoms with Crippen LogP contribution in [0, 0.1) is 11.3 Å². The molecule has 3 heteroatoms. The summed E-state index contributed by atoms with van der Waals surface area (Å²) in [7, 11) is 0. The smallest absolute Gasteiger partial charge is 0.106 e. The number of nitrogens with zero attached hydrogens (tertiary/aromatic N) is 3. The van der Waals surface area contributed by atoms with Gasteiger partial charge in [0.25, 0.3) is 0 Å². The van der Waals surface area contributed by atoms with Gasteiger partial charge in [0.2, 0.25) is 0 Å². The lowest BCUT2D eigenvalue weighted by Crippen LogP contribution is -2.31. The Hall–Kier alpha value is -6.37. The van der Waals surface area contributed by atoms with E-state index in [1.165, 1.54) is 38.2 Å². The molecule has 2 heterocycles. The van der Waals surface area contributed by atoms with Gasteiger partial charge in [0.1, 0.15) is 5.41 Å². The summed E-state index contributed by atoms with van der Waals surface area (Å²) in [6.45, 7) is 0. The molecule has 3 nitrogen and oxygen atoms in total. The zero-order chi connectivity index (χ0) is 31.4. The standard InChI is InChI=1S/C44H27N3/c45-28-29-20-22-32-33-23-21-31(27-39(33)44(38(32)26-29,40-18-8-10-24-46-40)41-19-9-11-25-47-41)43-36-16-6-4-14-34(36)42(30-12-2-1-3-13-30)35-15-5-7-17-37(35)43/h1-27H. The van der Waals surface area contributed by atoms with Crippen molar-refractivity contribution in [2.75, 3.05) is 0 Å². The van der Waals surface area contributed by atoms with Crippen LogP contribution in [0.1, 0.15) is 28.1 Å². The number of hydrogen-bond donors (Lipinski definition) is 0. The molecule has 8 aromatic rings. The first-order valence-electron chi connectivity index (χ1n) is 15.8. The molecule has 47 heavy (non-hydrogen) atoms. The third-order valence-corrected chi connectivity index (χ3v) is 9.65. The summed E-state index contributed by atoms with van der Waals surface area (Å²) in [5.41, 5.74) is 10.7. The van der Waals surface area contributed by atoms with Crippen molar-refractivity contribution in [1.29, 1.82) is 5.26 Å². The van der Waals surface area contributed by atoms with Crippen LogP contribution in [0.4, 0.5) is 0 Å². The highest BCUT2D eigenvalue weighted by atomic mass is 14.8. The fourth-order valence-electron chi connectivity index (χ4n) is 7.76. The molecule has 0 unspecified atom stereocenters. The van der Waals surface area contributed by atoms with Gasteiger partial charge in [0, 0.05) is 12.4 Å². The number of hydrogen-bond acceptors (Lipinski definition) is 3. The van der Waals surface area contributed by atoms with E-state index in [1.807, 2.05) is 48.8 Å². The Labute approximate surface area is 273 Å². The van der Waals surface area contributed by atoms with Crippen LogP contribution in [0.5, 0.6) is 0 Å². The van der Waals surface area contributed by atoms with Crippen molar-refractivity contribution in [2.45, 2.75) is 5.41 Å². The van der Waals surface area contributed by atoms with Crippen LogP contribution in [-0.4, -0.2) is 9.97 Å². The van der Waals surface area contributed by atoms with Gasteiger partial charge in [-0.3, -0.25) is 9.97 Å². The SMILES string of the molecule is N#Cc1ccc2c(c1)C(c1ccccn1)(c1ccccn1)c1cc(-c3c4ccccc4c(-c4ccccc4)c4ccccc34)ccc1-2. The third-order valence-electron chi connectivity index (χ3n) is 9.65. The Morgan fingerprint density at radius 2 is 0.936 bits per heavy atom. The average molecular weight is 598 g/mol. The van der Waals surface area contributed by atoms with Gasteiger partial charge in [-0.1, -0.05) is 109 Å². The highest BCUT2D eigenvalue weighted by Gasteiger charge is 2.48. The monoisotopic (exact) mass is 597 g/mol. The second kappa shape index (κ2) is 10.6. The Morgan fingerprint density at radius 1 is 0.447 bits per heavy atom. The molecule has 9 rings (SSSR count). The highest BCUT2D eigenvalue weighted by Crippen LogP contribution is 2.56. The van der Waals surface area contributed by atoms with Crippen molar-refractivity contribution >= 4 is 21.5 Å². The number of pyridine rings is 2. The summed E-state index contributed by atoms with van der Waals surface area (Å²) in [5.74, 6) is 0. The Balaban J connectivity index is 1.41. The Morgan fingerprint density at radius 3 is 1.47 bits per heavy atom. The van der Waals surface area contributed by atoms with Crippen LogP contribution in [0.3, 0.4) is 0 Å². The van der Waals surface area contributed by atoms with E-state index in [2.05, 4.69) is 121 Å². The number of nitriles is 1. The highest BCUT2D eigenvalue weighted by molar-refractivity contribution is 6.21. The van der Waals surface area contributed by atoms with Crippen LogP contribution >= 0.6 is 0 Å². The van der Waals surface area contributed by atoms with Gasteiger partial charge in [-0.15, -0.1) is 0 Å². The van der Waals surface area contributed by atoms with Crippen molar-refractivity contribution < 1.29 is 0 Å². The molecule has 0 amide bonds. The quantitative estimate of drug-likeness (QED) is 0.190. The summed E-state index contributed by atoms with van der Waals surface area (Å²) < 4.78 is 0. The molecule has 1 aliphatic carbocycles. The Kier molecular flexibility index (Phi) is 6.10. The van der Waals surface area contributed by atoms with Crippen molar-refractivity contribution in [3.05, 3.63) is 192 Å². The summed E-state index contributed by atoms with van der Waals surface area (Å²) in [4.78, 5) is 9.97. The minimum atomic E-state index is -0.814. The van der Waals surface area contributed by atoms with E-state index in [1.54, 1.807) is 0 Å². The normalized spacial score (nSPS) is 12.8. The second-order valence-corrected chi connectivity index (χ2v) is 12.0. The minimum Gasteiger partial charge on any atom is -0.260 e. The summed E-state index contributed by atoms with van der Waals surface area (Å²) in [6, 6.07) is 55.6. The fraction of sp³-hybridized carbons (Fsp3) is 0.0227. The number of aromatic nitrogens is 2. The Bertz CT molecular complexity index is 2420. The van der Waals surface area contributed by atoms with Crippen molar-refractivity contribution in [1.82, 2.24) is 9.97 Å². The van der Waals surface area contributed by atoms with Crippen LogP contribution < -0.4 is 0 Å². The van der Waals surface area contributed by atoms with E-state index in [0.717, 1.165) is 39.2 Å². The summed E-state index contributed by atoms with van der Waals surface area (Å²) in [5, 5.41) is 14.9. The molecule has 0 aliphatic heterocycles. The maximum atomic E-state index is 10.0. The molecule has 0 spiro atoms. The summed E-state index contributed by atoms with van der Waals surface area (Å²) >= 11 is 0. The van der Waals surface area contributed by atoms with E-state index in [9.17, 15) is 5.26 Å². The zero-order valence-electron chi connectivity index (χ0n) is 25.4. The van der Waals surface area contributed by atoms with Gasteiger partial charge >= 0.3 is 0 Å². The average Bonchev–Trinajstić information content (AvgIpc) is 3.44. The molecule has 0 bridgehead atoms.